The molecule has 0 unspecified atom stereocenters. The number of methoxy groups -OCH3 is 1. The minimum atomic E-state index is -0.582. The van der Waals surface area contributed by atoms with E-state index in [1.54, 1.807) is 14.0 Å². The van der Waals surface area contributed by atoms with Gasteiger partial charge in [-0.3, -0.25) is 4.79 Å². The van der Waals surface area contributed by atoms with Crippen LogP contribution in [0.15, 0.2) is 65.1 Å². The van der Waals surface area contributed by atoms with Crippen LogP contribution < -0.4 is 14.8 Å². The van der Waals surface area contributed by atoms with E-state index >= 15 is 0 Å². The van der Waals surface area contributed by atoms with Gasteiger partial charge in [0.2, 0.25) is 0 Å². The largest absolute Gasteiger partial charge is 0.497 e. The Balaban J connectivity index is 1.58. The Morgan fingerprint density at radius 1 is 1.00 bits per heavy atom. The Morgan fingerprint density at radius 3 is 2.38 bits per heavy atom. The van der Waals surface area contributed by atoms with Crippen LogP contribution in [-0.4, -0.2) is 19.1 Å². The SMILES string of the molecule is COc1ccc(CNC(=O)[C@@H](C)Oc2ccc3cc(Br)ccc3c2)cc1. The van der Waals surface area contributed by atoms with Crippen LogP contribution in [0.2, 0.25) is 0 Å². The fraction of sp³-hybridized carbons (Fsp3) is 0.190. The summed E-state index contributed by atoms with van der Waals surface area (Å²) in [4.78, 5) is 12.3. The summed E-state index contributed by atoms with van der Waals surface area (Å²) in [5, 5.41) is 5.07. The molecule has 3 aromatic rings. The second-order valence-corrected chi connectivity index (χ2v) is 6.89. The van der Waals surface area contributed by atoms with Gasteiger partial charge in [0.05, 0.1) is 7.11 Å². The van der Waals surface area contributed by atoms with E-state index in [0.717, 1.165) is 26.6 Å². The topological polar surface area (TPSA) is 47.6 Å². The molecule has 0 saturated heterocycles. The first-order valence-electron chi connectivity index (χ1n) is 8.32. The fourth-order valence-electron chi connectivity index (χ4n) is 2.60. The van der Waals surface area contributed by atoms with Crippen molar-refractivity contribution < 1.29 is 14.3 Å². The number of rotatable bonds is 6. The molecule has 4 nitrogen and oxygen atoms in total. The summed E-state index contributed by atoms with van der Waals surface area (Å²) in [6.07, 6.45) is -0.582. The van der Waals surface area contributed by atoms with E-state index in [9.17, 15) is 4.79 Å². The summed E-state index contributed by atoms with van der Waals surface area (Å²) in [5.41, 5.74) is 1.00. The maximum Gasteiger partial charge on any atom is 0.261 e. The third-order valence-electron chi connectivity index (χ3n) is 4.08. The van der Waals surface area contributed by atoms with E-state index in [1.807, 2.05) is 60.7 Å². The van der Waals surface area contributed by atoms with Gasteiger partial charge in [0.1, 0.15) is 11.5 Å². The van der Waals surface area contributed by atoms with Crippen LogP contribution in [0.1, 0.15) is 12.5 Å². The van der Waals surface area contributed by atoms with Gasteiger partial charge in [-0.2, -0.15) is 0 Å². The molecular formula is C21H20BrNO3. The van der Waals surface area contributed by atoms with Gasteiger partial charge in [-0.25, -0.2) is 0 Å². The highest BCUT2D eigenvalue weighted by Gasteiger charge is 2.14. The molecule has 0 fully saturated rings. The highest BCUT2D eigenvalue weighted by Crippen LogP contribution is 2.24. The molecule has 1 N–H and O–H groups in total. The van der Waals surface area contributed by atoms with Gasteiger partial charge in [0.15, 0.2) is 6.10 Å². The van der Waals surface area contributed by atoms with Crippen molar-refractivity contribution in [3.8, 4) is 11.5 Å². The van der Waals surface area contributed by atoms with Crippen molar-refractivity contribution in [1.82, 2.24) is 5.32 Å². The minimum Gasteiger partial charge on any atom is -0.497 e. The summed E-state index contributed by atoms with van der Waals surface area (Å²) < 4.78 is 12.0. The van der Waals surface area contributed by atoms with Crippen LogP contribution in [-0.2, 0) is 11.3 Å². The normalized spacial score (nSPS) is 11.8. The van der Waals surface area contributed by atoms with Crippen molar-refractivity contribution in [2.75, 3.05) is 7.11 Å². The number of ether oxygens (including phenoxy) is 2. The first-order chi connectivity index (χ1) is 12.5. The molecule has 0 aliphatic heterocycles. The minimum absolute atomic E-state index is 0.156. The molecule has 134 valence electrons. The number of nitrogens with one attached hydrogen (secondary N) is 1. The summed E-state index contributed by atoms with van der Waals surface area (Å²) in [5.74, 6) is 1.31. The molecule has 0 aliphatic rings. The van der Waals surface area contributed by atoms with E-state index in [4.69, 9.17) is 9.47 Å². The number of halogens is 1. The van der Waals surface area contributed by atoms with Gasteiger partial charge in [-0.15, -0.1) is 0 Å². The average molecular weight is 414 g/mol. The zero-order valence-corrected chi connectivity index (χ0v) is 16.2. The predicted octanol–water partition coefficient (Wildman–Crippen LogP) is 4.69. The lowest BCUT2D eigenvalue weighted by Crippen LogP contribution is -2.35. The summed E-state index contributed by atoms with van der Waals surface area (Å²) in [6, 6.07) is 19.4. The Bertz CT molecular complexity index is 909. The standard InChI is InChI=1S/C21H20BrNO3/c1-14(21(24)23-13-15-3-8-19(25-2)9-4-15)26-20-10-6-16-11-18(22)7-5-17(16)12-20/h3-12,14H,13H2,1-2H3,(H,23,24)/t14-/m1/s1. The van der Waals surface area contributed by atoms with Gasteiger partial charge < -0.3 is 14.8 Å². The lowest BCUT2D eigenvalue weighted by atomic mass is 10.1. The van der Waals surface area contributed by atoms with Crippen LogP contribution in [0.5, 0.6) is 11.5 Å². The third-order valence-corrected chi connectivity index (χ3v) is 4.57. The molecule has 0 spiro atoms. The molecular weight excluding hydrogens is 394 g/mol. The van der Waals surface area contributed by atoms with Crippen molar-refractivity contribution in [2.24, 2.45) is 0 Å². The highest BCUT2D eigenvalue weighted by atomic mass is 79.9. The molecule has 3 rings (SSSR count). The second kappa shape index (κ2) is 8.23. The van der Waals surface area contributed by atoms with Crippen LogP contribution in [0, 0.1) is 0 Å². The van der Waals surface area contributed by atoms with Crippen molar-refractivity contribution in [1.29, 1.82) is 0 Å². The second-order valence-electron chi connectivity index (χ2n) is 5.98. The maximum atomic E-state index is 12.3. The number of hydrogen-bond donors (Lipinski definition) is 1. The van der Waals surface area contributed by atoms with Crippen molar-refractivity contribution in [3.63, 3.8) is 0 Å². The zero-order chi connectivity index (χ0) is 18.5. The number of benzene rings is 3. The molecule has 0 saturated carbocycles. The molecule has 0 radical (unpaired) electrons. The van der Waals surface area contributed by atoms with Gasteiger partial charge in [-0.1, -0.05) is 40.2 Å². The predicted molar refractivity (Wildman–Crippen MR) is 107 cm³/mol. The number of carbonyl (C=O) groups is 1. The molecule has 26 heavy (non-hydrogen) atoms. The van der Waals surface area contributed by atoms with Crippen LogP contribution in [0.4, 0.5) is 0 Å². The lowest BCUT2D eigenvalue weighted by Gasteiger charge is -2.15. The zero-order valence-electron chi connectivity index (χ0n) is 14.7. The first kappa shape index (κ1) is 18.3. The summed E-state index contributed by atoms with van der Waals surface area (Å²) in [6.45, 7) is 2.19. The van der Waals surface area contributed by atoms with E-state index in [0.29, 0.717) is 12.3 Å². The Morgan fingerprint density at radius 2 is 1.65 bits per heavy atom. The molecule has 5 heteroatoms. The maximum absolute atomic E-state index is 12.3. The monoisotopic (exact) mass is 413 g/mol. The third kappa shape index (κ3) is 4.55. The van der Waals surface area contributed by atoms with Crippen LogP contribution in [0.25, 0.3) is 10.8 Å². The van der Waals surface area contributed by atoms with Gasteiger partial charge in [0, 0.05) is 11.0 Å². The van der Waals surface area contributed by atoms with E-state index in [1.165, 1.54) is 0 Å². The molecule has 3 aromatic carbocycles. The van der Waals surface area contributed by atoms with E-state index in [2.05, 4.69) is 21.2 Å². The Hall–Kier alpha value is -2.53. The molecule has 0 heterocycles. The van der Waals surface area contributed by atoms with Crippen molar-refractivity contribution in [2.45, 2.75) is 19.6 Å². The summed E-state index contributed by atoms with van der Waals surface area (Å²) in [7, 11) is 1.63. The molecule has 0 aromatic heterocycles. The highest BCUT2D eigenvalue weighted by molar-refractivity contribution is 9.10. The van der Waals surface area contributed by atoms with Crippen LogP contribution in [0.3, 0.4) is 0 Å². The molecule has 1 atom stereocenters. The first-order valence-corrected chi connectivity index (χ1v) is 9.11. The molecule has 0 bridgehead atoms. The molecule has 0 aliphatic carbocycles. The van der Waals surface area contributed by atoms with Gasteiger partial charge >= 0.3 is 0 Å². The fourth-order valence-corrected chi connectivity index (χ4v) is 2.98. The van der Waals surface area contributed by atoms with Gasteiger partial charge in [0.25, 0.3) is 5.91 Å². The number of hydrogen-bond acceptors (Lipinski definition) is 3. The smallest absolute Gasteiger partial charge is 0.261 e. The van der Waals surface area contributed by atoms with Gasteiger partial charge in [-0.05, 0) is 59.7 Å². The Labute approximate surface area is 161 Å². The Kier molecular flexibility index (Phi) is 5.78. The number of amides is 1. The average Bonchev–Trinajstić information content (AvgIpc) is 2.66. The van der Waals surface area contributed by atoms with Crippen molar-refractivity contribution in [3.05, 3.63) is 70.7 Å². The van der Waals surface area contributed by atoms with Crippen molar-refractivity contribution >= 4 is 32.6 Å². The number of carbonyl (C=O) groups excluding carboxylic acids is 1. The van der Waals surface area contributed by atoms with Crippen LogP contribution >= 0.6 is 15.9 Å². The van der Waals surface area contributed by atoms with E-state index in [-0.39, 0.29) is 5.91 Å². The lowest BCUT2D eigenvalue weighted by molar-refractivity contribution is -0.127. The van der Waals surface area contributed by atoms with E-state index < -0.39 is 6.10 Å². The quantitative estimate of drug-likeness (QED) is 0.637. The molecule has 1 amide bonds. The summed E-state index contributed by atoms with van der Waals surface area (Å²) >= 11 is 3.46. The number of fused-ring (bicyclic) bond motifs is 1.